The van der Waals surface area contributed by atoms with Crippen molar-refractivity contribution in [3.05, 3.63) is 39.2 Å². The normalized spacial score (nSPS) is 10.4. The van der Waals surface area contributed by atoms with Gasteiger partial charge in [-0.25, -0.2) is 9.78 Å². The molecular weight excluding hydrogens is 227 g/mol. The van der Waals surface area contributed by atoms with Gasteiger partial charge >= 0.3 is 5.69 Å². The molecule has 0 unspecified atom stereocenters. The zero-order valence-corrected chi connectivity index (χ0v) is 8.26. The Morgan fingerprint density at radius 1 is 1.36 bits per heavy atom. The van der Waals surface area contributed by atoms with Gasteiger partial charge in [-0.15, -0.1) is 0 Å². The number of H-pyrrole nitrogens is 1. The van der Waals surface area contributed by atoms with Crippen LogP contribution in [0.2, 0.25) is 10.4 Å². The number of nitrogens with one attached hydrogen (secondary N) is 1. The van der Waals surface area contributed by atoms with Crippen molar-refractivity contribution in [2.24, 2.45) is 0 Å². The first-order valence-electron chi connectivity index (χ1n) is 3.67. The predicted molar refractivity (Wildman–Crippen MR) is 52.6 cm³/mol. The Morgan fingerprint density at radius 3 is 2.71 bits per heavy atom. The fourth-order valence-corrected chi connectivity index (χ4v) is 1.37. The second-order valence-electron chi connectivity index (χ2n) is 2.52. The molecule has 4 nitrogen and oxygen atoms in total. The predicted octanol–water partition coefficient (Wildman–Crippen LogP) is 2.34. The molecule has 0 bridgehead atoms. The van der Waals surface area contributed by atoms with Gasteiger partial charge in [0.1, 0.15) is 10.9 Å². The molecule has 0 atom stereocenters. The van der Waals surface area contributed by atoms with Crippen molar-refractivity contribution in [1.29, 1.82) is 0 Å². The molecule has 0 radical (unpaired) electrons. The fraction of sp³-hybridized carbons (Fsp3) is 0. The minimum absolute atomic E-state index is 0.177. The Hall–Kier alpha value is -1.26. The topological polar surface area (TPSA) is 58.9 Å². The average molecular weight is 231 g/mol. The van der Waals surface area contributed by atoms with Crippen LogP contribution in [0.25, 0.3) is 11.3 Å². The quantitative estimate of drug-likeness (QED) is 0.766. The molecule has 0 aliphatic heterocycles. The van der Waals surface area contributed by atoms with Gasteiger partial charge in [0.05, 0.1) is 5.56 Å². The van der Waals surface area contributed by atoms with Crippen LogP contribution >= 0.6 is 23.2 Å². The molecule has 2 aromatic heterocycles. The van der Waals surface area contributed by atoms with Gasteiger partial charge in [-0.05, 0) is 23.7 Å². The van der Waals surface area contributed by atoms with E-state index in [2.05, 4.69) is 9.97 Å². The zero-order valence-electron chi connectivity index (χ0n) is 6.75. The highest BCUT2D eigenvalue weighted by atomic mass is 35.5. The molecule has 0 spiro atoms. The fourth-order valence-electron chi connectivity index (χ4n) is 1.00. The van der Waals surface area contributed by atoms with Crippen molar-refractivity contribution >= 4 is 23.2 Å². The number of hydrogen-bond acceptors (Lipinski definition) is 3. The molecule has 0 aromatic carbocycles. The van der Waals surface area contributed by atoms with Crippen LogP contribution in [-0.4, -0.2) is 9.97 Å². The average Bonchev–Trinajstić information content (AvgIpc) is 2.51. The summed E-state index contributed by atoms with van der Waals surface area (Å²) in [5, 5.41) is 0.429. The van der Waals surface area contributed by atoms with E-state index in [0.29, 0.717) is 11.3 Å². The molecule has 0 aliphatic carbocycles. The van der Waals surface area contributed by atoms with Crippen LogP contribution in [0.3, 0.4) is 0 Å². The summed E-state index contributed by atoms with van der Waals surface area (Å²) in [5.41, 5.74) is -0.00503. The van der Waals surface area contributed by atoms with E-state index in [-0.39, 0.29) is 10.4 Å². The van der Waals surface area contributed by atoms with Gasteiger partial charge in [-0.1, -0.05) is 11.6 Å². The Labute approximate surface area is 88.5 Å². The number of rotatable bonds is 1. The van der Waals surface area contributed by atoms with Crippen molar-refractivity contribution in [3.63, 3.8) is 0 Å². The second-order valence-corrected chi connectivity index (χ2v) is 3.27. The van der Waals surface area contributed by atoms with Gasteiger partial charge in [-0.2, -0.15) is 0 Å². The number of aromatic nitrogens is 2. The largest absolute Gasteiger partial charge is 0.445 e. The Morgan fingerprint density at radius 2 is 2.14 bits per heavy atom. The molecular formula is C8H4Cl2N2O2. The molecule has 0 fully saturated rings. The van der Waals surface area contributed by atoms with Gasteiger partial charge in [-0.3, -0.25) is 4.98 Å². The molecule has 0 aliphatic rings. The summed E-state index contributed by atoms with van der Waals surface area (Å²) < 4.78 is 5.11. The van der Waals surface area contributed by atoms with Crippen LogP contribution in [0.4, 0.5) is 0 Å². The summed E-state index contributed by atoms with van der Waals surface area (Å²) in [6, 6.07) is 3.22. The van der Waals surface area contributed by atoms with Crippen molar-refractivity contribution < 1.29 is 4.42 Å². The maximum Gasteiger partial charge on any atom is 0.346 e. The maximum absolute atomic E-state index is 10.8. The summed E-state index contributed by atoms with van der Waals surface area (Å²) in [5.74, 6) is 0.462. The summed E-state index contributed by atoms with van der Waals surface area (Å²) in [6.45, 7) is 0. The van der Waals surface area contributed by atoms with E-state index in [1.165, 1.54) is 6.20 Å². The molecule has 0 saturated carbocycles. The monoisotopic (exact) mass is 230 g/mol. The zero-order chi connectivity index (χ0) is 10.1. The lowest BCUT2D eigenvalue weighted by Crippen LogP contribution is -2.09. The van der Waals surface area contributed by atoms with Gasteiger partial charge in [0.25, 0.3) is 0 Å². The molecule has 2 heterocycles. The minimum atomic E-state index is -0.503. The Kier molecular flexibility index (Phi) is 2.31. The van der Waals surface area contributed by atoms with Crippen molar-refractivity contribution in [3.8, 4) is 11.3 Å². The minimum Gasteiger partial charge on any atom is -0.445 e. The molecule has 2 aromatic rings. The van der Waals surface area contributed by atoms with E-state index in [4.69, 9.17) is 27.6 Å². The van der Waals surface area contributed by atoms with Crippen LogP contribution in [0, 0.1) is 0 Å². The van der Waals surface area contributed by atoms with Gasteiger partial charge in [0.2, 0.25) is 0 Å². The number of halogens is 2. The Bertz CT molecular complexity index is 518. The smallest absolute Gasteiger partial charge is 0.346 e. The molecule has 14 heavy (non-hydrogen) atoms. The van der Waals surface area contributed by atoms with E-state index in [1.54, 1.807) is 12.1 Å². The van der Waals surface area contributed by atoms with E-state index >= 15 is 0 Å². The number of furan rings is 1. The summed E-state index contributed by atoms with van der Waals surface area (Å²) in [4.78, 5) is 16.6. The number of nitrogens with zero attached hydrogens (tertiary/aromatic N) is 1. The SMILES string of the molecule is O=c1ncc(-c2ccc(Cl)o2)c(Cl)[nH]1. The second kappa shape index (κ2) is 3.48. The first kappa shape index (κ1) is 9.30. The highest BCUT2D eigenvalue weighted by molar-refractivity contribution is 6.32. The van der Waals surface area contributed by atoms with Crippen LogP contribution in [0.15, 0.2) is 27.5 Å². The molecule has 72 valence electrons. The molecule has 1 N–H and O–H groups in total. The molecule has 0 amide bonds. The number of aromatic amines is 1. The third-order valence-corrected chi connectivity index (χ3v) is 2.10. The van der Waals surface area contributed by atoms with Crippen LogP contribution in [0.5, 0.6) is 0 Å². The Balaban J connectivity index is 2.57. The molecule has 6 heteroatoms. The van der Waals surface area contributed by atoms with Gasteiger partial charge in [0.15, 0.2) is 5.22 Å². The highest BCUT2D eigenvalue weighted by Crippen LogP contribution is 2.27. The molecule has 0 saturated heterocycles. The van der Waals surface area contributed by atoms with Gasteiger partial charge < -0.3 is 4.42 Å². The third kappa shape index (κ3) is 1.66. The van der Waals surface area contributed by atoms with Crippen LogP contribution in [0.1, 0.15) is 0 Å². The van der Waals surface area contributed by atoms with Crippen molar-refractivity contribution in [1.82, 2.24) is 9.97 Å². The summed E-state index contributed by atoms with van der Waals surface area (Å²) >= 11 is 11.4. The lowest BCUT2D eigenvalue weighted by Gasteiger charge is -1.97. The van der Waals surface area contributed by atoms with E-state index in [9.17, 15) is 4.79 Å². The first-order chi connectivity index (χ1) is 6.66. The highest BCUT2D eigenvalue weighted by Gasteiger charge is 2.08. The summed E-state index contributed by atoms with van der Waals surface area (Å²) in [6.07, 6.45) is 1.33. The summed E-state index contributed by atoms with van der Waals surface area (Å²) in [7, 11) is 0. The molecule has 2 rings (SSSR count). The van der Waals surface area contributed by atoms with E-state index < -0.39 is 5.69 Å². The van der Waals surface area contributed by atoms with Crippen molar-refractivity contribution in [2.45, 2.75) is 0 Å². The standard InChI is InChI=1S/C8H4Cl2N2O2/c9-6-2-1-5(14-6)4-3-11-8(13)12-7(4)10/h1-3H,(H,11,12,13). The first-order valence-corrected chi connectivity index (χ1v) is 4.43. The van der Waals surface area contributed by atoms with Crippen LogP contribution < -0.4 is 5.69 Å². The van der Waals surface area contributed by atoms with E-state index in [0.717, 1.165) is 0 Å². The van der Waals surface area contributed by atoms with Crippen LogP contribution in [-0.2, 0) is 0 Å². The van der Waals surface area contributed by atoms with Gasteiger partial charge in [0, 0.05) is 6.20 Å². The van der Waals surface area contributed by atoms with Crippen molar-refractivity contribution in [2.75, 3.05) is 0 Å². The van der Waals surface area contributed by atoms with E-state index in [1.807, 2.05) is 0 Å². The lowest BCUT2D eigenvalue weighted by atomic mass is 10.3. The lowest BCUT2D eigenvalue weighted by molar-refractivity contribution is 0.583. The third-order valence-electron chi connectivity index (χ3n) is 1.60. The maximum atomic E-state index is 10.8. The number of hydrogen-bond donors (Lipinski definition) is 1.